The van der Waals surface area contributed by atoms with Gasteiger partial charge in [-0.25, -0.2) is 0 Å². The molecule has 2 saturated heterocycles. The van der Waals surface area contributed by atoms with Gasteiger partial charge in [-0.2, -0.15) is 0 Å². The Morgan fingerprint density at radius 1 is 1.29 bits per heavy atom. The molecule has 0 bridgehead atoms. The topological polar surface area (TPSA) is 56.5 Å². The summed E-state index contributed by atoms with van der Waals surface area (Å²) in [5, 5.41) is 8.01. The van der Waals surface area contributed by atoms with Gasteiger partial charge < -0.3 is 19.3 Å². The van der Waals surface area contributed by atoms with Crippen LogP contribution < -0.4 is 5.32 Å². The molecule has 0 amide bonds. The van der Waals surface area contributed by atoms with Gasteiger partial charge >= 0.3 is 0 Å². The zero-order chi connectivity index (χ0) is 14.7. The predicted molar refractivity (Wildman–Crippen MR) is 79.3 cm³/mol. The third kappa shape index (κ3) is 3.84. The lowest BCUT2D eigenvalue weighted by Crippen LogP contribution is -2.65. The highest BCUT2D eigenvalue weighted by atomic mass is 16.5. The van der Waals surface area contributed by atoms with Crippen molar-refractivity contribution >= 4 is 0 Å². The van der Waals surface area contributed by atoms with Gasteiger partial charge in [0.05, 0.1) is 24.4 Å². The molecule has 0 saturated carbocycles. The van der Waals surface area contributed by atoms with Crippen LogP contribution in [0.15, 0.2) is 10.6 Å². The standard InChI is InChI=1S/C16H26N2O3/c1-12(2)7-15-8-14(18-21-15)9-16(10-20-11-16)17-13-3-5-19-6-4-13/h8,12-13,17H,3-7,9-11H2,1-2H3. The number of hydrogen-bond donors (Lipinski definition) is 1. The second kappa shape index (κ2) is 6.46. The maximum Gasteiger partial charge on any atom is 0.137 e. The Labute approximate surface area is 126 Å². The van der Waals surface area contributed by atoms with Crippen molar-refractivity contribution in [1.29, 1.82) is 0 Å². The molecule has 1 aromatic rings. The van der Waals surface area contributed by atoms with Crippen LogP contribution in [0, 0.1) is 5.92 Å². The Morgan fingerprint density at radius 2 is 2.05 bits per heavy atom. The molecule has 0 spiro atoms. The van der Waals surface area contributed by atoms with Gasteiger partial charge in [0.1, 0.15) is 5.76 Å². The highest BCUT2D eigenvalue weighted by Gasteiger charge is 2.41. The third-order valence-corrected chi connectivity index (χ3v) is 4.23. The van der Waals surface area contributed by atoms with Gasteiger partial charge in [-0.3, -0.25) is 0 Å². The van der Waals surface area contributed by atoms with Crippen LogP contribution in [0.3, 0.4) is 0 Å². The van der Waals surface area contributed by atoms with E-state index >= 15 is 0 Å². The summed E-state index contributed by atoms with van der Waals surface area (Å²) in [5.74, 6) is 1.58. The van der Waals surface area contributed by atoms with Crippen LogP contribution in [0.5, 0.6) is 0 Å². The number of nitrogens with zero attached hydrogens (tertiary/aromatic N) is 1. The fraction of sp³-hybridized carbons (Fsp3) is 0.812. The molecule has 0 radical (unpaired) electrons. The predicted octanol–water partition coefficient (Wildman–Crippen LogP) is 1.95. The molecular weight excluding hydrogens is 268 g/mol. The first-order valence-electron chi connectivity index (χ1n) is 8.03. The average molecular weight is 294 g/mol. The third-order valence-electron chi connectivity index (χ3n) is 4.23. The summed E-state index contributed by atoms with van der Waals surface area (Å²) in [4.78, 5) is 0. The lowest BCUT2D eigenvalue weighted by molar-refractivity contribution is -0.0854. The SMILES string of the molecule is CC(C)Cc1cc(CC2(NC3CCOCC3)COC2)no1. The highest BCUT2D eigenvalue weighted by molar-refractivity contribution is 5.13. The van der Waals surface area contributed by atoms with Crippen molar-refractivity contribution in [2.24, 2.45) is 5.92 Å². The van der Waals surface area contributed by atoms with E-state index in [9.17, 15) is 0 Å². The molecular formula is C16H26N2O3. The van der Waals surface area contributed by atoms with Gasteiger partial charge in [-0.15, -0.1) is 0 Å². The molecule has 21 heavy (non-hydrogen) atoms. The van der Waals surface area contributed by atoms with Crippen molar-refractivity contribution in [3.8, 4) is 0 Å². The first-order chi connectivity index (χ1) is 10.2. The summed E-state index contributed by atoms with van der Waals surface area (Å²) < 4.78 is 16.3. The molecule has 0 aliphatic carbocycles. The lowest BCUT2D eigenvalue weighted by atomic mass is 9.89. The number of nitrogens with one attached hydrogen (secondary N) is 1. The van der Waals surface area contributed by atoms with Crippen LogP contribution in [0.4, 0.5) is 0 Å². The molecule has 0 atom stereocenters. The van der Waals surface area contributed by atoms with Crippen molar-refractivity contribution in [1.82, 2.24) is 10.5 Å². The minimum Gasteiger partial charge on any atom is -0.381 e. The largest absolute Gasteiger partial charge is 0.381 e. The van der Waals surface area contributed by atoms with E-state index in [1.165, 1.54) is 0 Å². The lowest BCUT2D eigenvalue weighted by Gasteiger charge is -2.45. The van der Waals surface area contributed by atoms with Crippen LogP contribution in [-0.4, -0.2) is 43.2 Å². The monoisotopic (exact) mass is 294 g/mol. The Hall–Kier alpha value is -0.910. The quantitative estimate of drug-likeness (QED) is 0.869. The van der Waals surface area contributed by atoms with Gasteiger partial charge in [0, 0.05) is 38.2 Å². The maximum atomic E-state index is 5.47. The van der Waals surface area contributed by atoms with Crippen molar-refractivity contribution < 1.29 is 14.0 Å². The van der Waals surface area contributed by atoms with E-state index in [1.807, 2.05) is 0 Å². The van der Waals surface area contributed by atoms with E-state index in [-0.39, 0.29) is 5.54 Å². The van der Waals surface area contributed by atoms with Gasteiger partial charge in [0.2, 0.25) is 0 Å². The zero-order valence-corrected chi connectivity index (χ0v) is 13.1. The minimum absolute atomic E-state index is 0.0357. The number of ether oxygens (including phenoxy) is 2. The van der Waals surface area contributed by atoms with E-state index in [4.69, 9.17) is 14.0 Å². The van der Waals surface area contributed by atoms with E-state index in [0.717, 1.165) is 63.6 Å². The van der Waals surface area contributed by atoms with Gasteiger partial charge in [-0.1, -0.05) is 19.0 Å². The first kappa shape index (κ1) is 15.0. The molecule has 118 valence electrons. The minimum atomic E-state index is 0.0357. The smallest absolute Gasteiger partial charge is 0.137 e. The summed E-state index contributed by atoms with van der Waals surface area (Å²) in [7, 11) is 0. The molecule has 5 heteroatoms. The second-order valence-corrected chi connectivity index (χ2v) is 6.86. The Balaban J connectivity index is 1.59. The zero-order valence-electron chi connectivity index (χ0n) is 13.1. The molecule has 2 aliphatic rings. The molecule has 1 N–H and O–H groups in total. The van der Waals surface area contributed by atoms with Gasteiger partial charge in [-0.05, 0) is 18.8 Å². The van der Waals surface area contributed by atoms with Crippen LogP contribution in [0.1, 0.15) is 38.1 Å². The Morgan fingerprint density at radius 3 is 2.67 bits per heavy atom. The Bertz CT molecular complexity index is 448. The summed E-state index contributed by atoms with van der Waals surface area (Å²) in [6, 6.07) is 2.64. The summed E-state index contributed by atoms with van der Waals surface area (Å²) in [6.45, 7) is 7.62. The van der Waals surface area contributed by atoms with E-state index in [0.29, 0.717) is 12.0 Å². The fourth-order valence-corrected chi connectivity index (χ4v) is 3.14. The first-order valence-corrected chi connectivity index (χ1v) is 8.03. The van der Waals surface area contributed by atoms with Crippen LogP contribution in [0.25, 0.3) is 0 Å². The fourth-order valence-electron chi connectivity index (χ4n) is 3.14. The summed E-state index contributed by atoms with van der Waals surface area (Å²) >= 11 is 0. The van der Waals surface area contributed by atoms with Crippen molar-refractivity contribution in [2.75, 3.05) is 26.4 Å². The maximum absolute atomic E-state index is 5.47. The molecule has 1 aromatic heterocycles. The number of hydrogen-bond acceptors (Lipinski definition) is 5. The summed E-state index contributed by atoms with van der Waals surface area (Å²) in [6.07, 6.45) is 3.99. The molecule has 3 rings (SSSR count). The van der Waals surface area contributed by atoms with Crippen LogP contribution >= 0.6 is 0 Å². The van der Waals surface area contributed by atoms with E-state index in [1.54, 1.807) is 0 Å². The normalized spacial score (nSPS) is 22.4. The molecule has 3 heterocycles. The molecule has 5 nitrogen and oxygen atoms in total. The number of aromatic nitrogens is 1. The highest BCUT2D eigenvalue weighted by Crippen LogP contribution is 2.25. The average Bonchev–Trinajstić information content (AvgIpc) is 2.83. The second-order valence-electron chi connectivity index (χ2n) is 6.86. The molecule has 2 fully saturated rings. The van der Waals surface area contributed by atoms with E-state index < -0.39 is 0 Å². The van der Waals surface area contributed by atoms with Crippen molar-refractivity contribution in [2.45, 2.75) is 51.1 Å². The van der Waals surface area contributed by atoms with Crippen molar-refractivity contribution in [3.63, 3.8) is 0 Å². The van der Waals surface area contributed by atoms with Gasteiger partial charge in [0.25, 0.3) is 0 Å². The summed E-state index contributed by atoms with van der Waals surface area (Å²) in [5.41, 5.74) is 1.07. The molecule has 0 aromatic carbocycles. The van der Waals surface area contributed by atoms with Crippen molar-refractivity contribution in [3.05, 3.63) is 17.5 Å². The molecule has 2 aliphatic heterocycles. The van der Waals surface area contributed by atoms with Crippen LogP contribution in [-0.2, 0) is 22.3 Å². The van der Waals surface area contributed by atoms with Crippen LogP contribution in [0.2, 0.25) is 0 Å². The van der Waals surface area contributed by atoms with E-state index in [2.05, 4.69) is 30.4 Å². The molecule has 0 unspecified atom stereocenters. The number of rotatable bonds is 6. The van der Waals surface area contributed by atoms with Gasteiger partial charge in [0.15, 0.2) is 0 Å². The Kier molecular flexibility index (Phi) is 4.62.